The molecule has 7 nitrogen and oxygen atoms in total. The van der Waals surface area contributed by atoms with E-state index in [0.29, 0.717) is 33.4 Å². The molecule has 0 fully saturated rings. The normalized spacial score (nSPS) is 9.88. The third-order valence-corrected chi connectivity index (χ3v) is 4.46. The summed E-state index contributed by atoms with van der Waals surface area (Å²) in [5.74, 6) is -0.686. The van der Waals surface area contributed by atoms with Gasteiger partial charge < -0.3 is 19.9 Å². The van der Waals surface area contributed by atoms with Gasteiger partial charge in [-0.2, -0.15) is 0 Å². The first-order chi connectivity index (χ1) is 15.3. The molecule has 0 atom stereocenters. The van der Waals surface area contributed by atoms with E-state index in [1.165, 1.54) is 37.3 Å². The standard InChI is InChI=1S/C20H12O5.C3H7NO.C2H6/c21-11-5-7-15-17(9-11)25-18-10-12(22)6-8-16(18)19(15)13-3-1-2-4-14(13)20(23)24;1-3(5)4-2;1-2/h1-10,21H,(H,23,24);1-2H3,(H,4,5);1-2H3. The van der Waals surface area contributed by atoms with Crippen LogP contribution in [0.25, 0.3) is 33.4 Å². The van der Waals surface area contributed by atoms with Crippen LogP contribution in [0, 0.1) is 0 Å². The Labute approximate surface area is 185 Å². The Kier molecular flexibility index (Phi) is 8.12. The Morgan fingerprint density at radius 3 is 2.22 bits per heavy atom. The highest BCUT2D eigenvalue weighted by Crippen LogP contribution is 2.41. The number of phenolic OH excluding ortho intramolecular Hbond substituents is 1. The monoisotopic (exact) mass is 435 g/mol. The number of carboxylic acid groups (broad SMARTS) is 1. The van der Waals surface area contributed by atoms with Crippen molar-refractivity contribution in [2.45, 2.75) is 20.8 Å². The molecule has 1 aliphatic heterocycles. The first kappa shape index (κ1) is 24.1. The molecule has 0 saturated carbocycles. The Balaban J connectivity index is 0.000000460. The van der Waals surface area contributed by atoms with Gasteiger partial charge in [0.25, 0.3) is 0 Å². The number of hydrogen-bond donors (Lipinski definition) is 3. The van der Waals surface area contributed by atoms with Gasteiger partial charge in [-0.15, -0.1) is 0 Å². The highest BCUT2D eigenvalue weighted by molar-refractivity contribution is 6.07. The van der Waals surface area contributed by atoms with Gasteiger partial charge >= 0.3 is 5.97 Å². The largest absolute Gasteiger partial charge is 0.508 e. The molecule has 1 aliphatic carbocycles. The fourth-order valence-electron chi connectivity index (χ4n) is 3.04. The molecule has 0 bridgehead atoms. The molecule has 4 rings (SSSR count). The van der Waals surface area contributed by atoms with E-state index >= 15 is 0 Å². The molecule has 166 valence electrons. The van der Waals surface area contributed by atoms with Gasteiger partial charge in [-0.25, -0.2) is 4.79 Å². The number of benzene rings is 3. The lowest BCUT2D eigenvalue weighted by Crippen LogP contribution is -2.11. The molecule has 0 saturated heterocycles. The summed E-state index contributed by atoms with van der Waals surface area (Å²) in [7, 11) is 1.60. The van der Waals surface area contributed by atoms with E-state index in [0.717, 1.165) is 0 Å². The molecule has 3 N–H and O–H groups in total. The van der Waals surface area contributed by atoms with E-state index in [-0.39, 0.29) is 22.6 Å². The summed E-state index contributed by atoms with van der Waals surface area (Å²) in [4.78, 5) is 33.1. The third-order valence-electron chi connectivity index (χ3n) is 4.46. The highest BCUT2D eigenvalue weighted by Gasteiger charge is 2.21. The summed E-state index contributed by atoms with van der Waals surface area (Å²) in [6.45, 7) is 5.47. The Morgan fingerprint density at radius 2 is 1.59 bits per heavy atom. The second-order valence-corrected chi connectivity index (χ2v) is 6.47. The van der Waals surface area contributed by atoms with Gasteiger partial charge in [0.2, 0.25) is 5.91 Å². The number of aromatic carboxylic acids is 1. The maximum atomic E-state index is 11.7. The van der Waals surface area contributed by atoms with Crippen LogP contribution in [0.3, 0.4) is 0 Å². The van der Waals surface area contributed by atoms with Crippen LogP contribution in [0.4, 0.5) is 0 Å². The van der Waals surface area contributed by atoms with Gasteiger partial charge in [0.1, 0.15) is 17.1 Å². The zero-order valence-corrected chi connectivity index (χ0v) is 18.3. The van der Waals surface area contributed by atoms with Crippen LogP contribution in [0.1, 0.15) is 31.1 Å². The van der Waals surface area contributed by atoms with Gasteiger partial charge in [-0.05, 0) is 35.9 Å². The number of hydrogen-bond acceptors (Lipinski definition) is 5. The quantitative estimate of drug-likeness (QED) is 0.391. The zero-order chi connectivity index (χ0) is 23.8. The number of phenols is 1. The van der Waals surface area contributed by atoms with Crippen LogP contribution >= 0.6 is 0 Å². The number of carbonyl (C=O) groups is 2. The minimum atomic E-state index is -1.04. The molecule has 7 heteroatoms. The maximum absolute atomic E-state index is 11.7. The molecule has 0 spiro atoms. The van der Waals surface area contributed by atoms with E-state index < -0.39 is 5.97 Å². The van der Waals surface area contributed by atoms with Gasteiger partial charge in [0, 0.05) is 42.6 Å². The smallest absolute Gasteiger partial charge is 0.336 e. The van der Waals surface area contributed by atoms with Crippen molar-refractivity contribution in [1.82, 2.24) is 5.32 Å². The van der Waals surface area contributed by atoms with Crippen molar-refractivity contribution in [1.29, 1.82) is 0 Å². The molecule has 32 heavy (non-hydrogen) atoms. The number of rotatable bonds is 2. The molecule has 1 heterocycles. The van der Waals surface area contributed by atoms with Gasteiger partial charge in [-0.3, -0.25) is 9.59 Å². The summed E-state index contributed by atoms with van der Waals surface area (Å²) in [5, 5.41) is 22.3. The molecule has 0 radical (unpaired) electrons. The Bertz CT molecular complexity index is 1280. The van der Waals surface area contributed by atoms with E-state index in [1.54, 1.807) is 37.4 Å². The van der Waals surface area contributed by atoms with Crippen molar-refractivity contribution in [2.24, 2.45) is 0 Å². The second-order valence-electron chi connectivity index (χ2n) is 6.47. The van der Waals surface area contributed by atoms with Crippen molar-refractivity contribution >= 4 is 22.8 Å². The molecular weight excluding hydrogens is 410 g/mol. The fraction of sp³-hybridized carbons (Fsp3) is 0.160. The highest BCUT2D eigenvalue weighted by atomic mass is 16.4. The van der Waals surface area contributed by atoms with Crippen LogP contribution in [0.2, 0.25) is 0 Å². The van der Waals surface area contributed by atoms with E-state index in [2.05, 4.69) is 5.32 Å². The van der Waals surface area contributed by atoms with Gasteiger partial charge in [-0.1, -0.05) is 32.0 Å². The number of amides is 1. The third kappa shape index (κ3) is 5.31. The lowest BCUT2D eigenvalue weighted by Gasteiger charge is -2.16. The molecule has 0 aromatic heterocycles. The van der Waals surface area contributed by atoms with Crippen molar-refractivity contribution < 1.29 is 24.2 Å². The topological polar surface area (TPSA) is 117 Å². The number of carboxylic acids is 1. The summed E-state index contributed by atoms with van der Waals surface area (Å²) in [6, 6.07) is 15.7. The van der Waals surface area contributed by atoms with Crippen molar-refractivity contribution in [3.63, 3.8) is 0 Å². The second kappa shape index (κ2) is 10.8. The number of fused-ring (bicyclic) bond motifs is 2. The molecule has 2 aromatic carbocycles. The Hall–Kier alpha value is -4.13. The van der Waals surface area contributed by atoms with E-state index in [9.17, 15) is 24.6 Å². The van der Waals surface area contributed by atoms with E-state index in [1.807, 2.05) is 13.8 Å². The van der Waals surface area contributed by atoms with Crippen LogP contribution in [-0.2, 0) is 4.79 Å². The SMILES string of the molecule is CC.CNC(C)=O.O=C(O)c1ccccc1-c1c2ccc(=O)cc-2oc2cc(O)ccc12. The average molecular weight is 435 g/mol. The molecule has 0 unspecified atom stereocenters. The first-order valence-corrected chi connectivity index (χ1v) is 10.0. The van der Waals surface area contributed by atoms with E-state index in [4.69, 9.17) is 4.42 Å². The predicted octanol–water partition coefficient (Wildman–Crippen LogP) is 4.75. The summed E-state index contributed by atoms with van der Waals surface area (Å²) >= 11 is 0. The summed E-state index contributed by atoms with van der Waals surface area (Å²) < 4.78 is 5.76. The van der Waals surface area contributed by atoms with Crippen LogP contribution in [-0.4, -0.2) is 29.1 Å². The fourth-order valence-corrected chi connectivity index (χ4v) is 3.04. The number of nitrogens with one attached hydrogen (secondary N) is 1. The maximum Gasteiger partial charge on any atom is 0.336 e. The summed E-state index contributed by atoms with van der Waals surface area (Å²) in [5.41, 5.74) is 2.10. The molecule has 2 aromatic rings. The minimum Gasteiger partial charge on any atom is -0.508 e. The lowest BCUT2D eigenvalue weighted by molar-refractivity contribution is -0.118. The molecular formula is C25H25NO6. The minimum absolute atomic E-state index is 0.00463. The number of aromatic hydroxyl groups is 1. The van der Waals surface area contributed by atoms with Gasteiger partial charge in [0.05, 0.1) is 5.56 Å². The lowest BCUT2D eigenvalue weighted by atomic mass is 9.91. The van der Waals surface area contributed by atoms with Gasteiger partial charge in [0.15, 0.2) is 5.43 Å². The van der Waals surface area contributed by atoms with Crippen LogP contribution in [0.5, 0.6) is 5.75 Å². The first-order valence-electron chi connectivity index (χ1n) is 10.0. The molecule has 2 aliphatic rings. The predicted molar refractivity (Wildman–Crippen MR) is 124 cm³/mol. The Morgan fingerprint density at radius 1 is 0.938 bits per heavy atom. The zero-order valence-electron chi connectivity index (χ0n) is 18.3. The van der Waals surface area contributed by atoms with Crippen molar-refractivity contribution in [3.05, 3.63) is 76.5 Å². The molecule has 1 amide bonds. The van der Waals surface area contributed by atoms with Crippen molar-refractivity contribution in [2.75, 3.05) is 7.05 Å². The number of carbonyl (C=O) groups excluding carboxylic acids is 1. The van der Waals surface area contributed by atoms with Crippen LogP contribution < -0.4 is 10.7 Å². The summed E-state index contributed by atoms with van der Waals surface area (Å²) in [6.07, 6.45) is 0. The average Bonchev–Trinajstić information content (AvgIpc) is 2.79. The van der Waals surface area contributed by atoms with Crippen LogP contribution in [0.15, 0.2) is 69.9 Å². The van der Waals surface area contributed by atoms with Crippen molar-refractivity contribution in [3.8, 4) is 28.2 Å².